The van der Waals surface area contributed by atoms with E-state index in [2.05, 4.69) is 134 Å². The number of anilines is 3. The van der Waals surface area contributed by atoms with Crippen molar-refractivity contribution in [2.24, 2.45) is 0 Å². The van der Waals surface area contributed by atoms with Gasteiger partial charge in [-0.05, 0) is 106 Å². The number of carbonyl (C=O) groups is 1. The van der Waals surface area contributed by atoms with Crippen LogP contribution in [0.2, 0.25) is 0 Å². The summed E-state index contributed by atoms with van der Waals surface area (Å²) in [6.07, 6.45) is 3.70. The number of carbonyl (C=O) groups excluding carboxylic acids is 1. The monoisotopic (exact) mass is 617 g/mol. The molecule has 2 atom stereocenters. The molecule has 0 radical (unpaired) electrons. The highest BCUT2D eigenvalue weighted by molar-refractivity contribution is 5.97. The fourth-order valence-electron chi connectivity index (χ4n) is 7.04. The van der Waals surface area contributed by atoms with E-state index in [-0.39, 0.29) is 24.0 Å². The van der Waals surface area contributed by atoms with Crippen molar-refractivity contribution in [3.63, 3.8) is 0 Å². The summed E-state index contributed by atoms with van der Waals surface area (Å²) in [4.78, 5) is 17.0. The first-order valence-electron chi connectivity index (χ1n) is 17.2. The quantitative estimate of drug-likeness (QED) is 0.0920. The molecule has 0 aliphatic heterocycles. The van der Waals surface area contributed by atoms with E-state index in [1.54, 1.807) is 6.92 Å². The van der Waals surface area contributed by atoms with Gasteiger partial charge >= 0.3 is 5.97 Å². The number of benzene rings is 4. The van der Waals surface area contributed by atoms with Crippen molar-refractivity contribution in [1.29, 1.82) is 0 Å². The minimum atomic E-state index is -0.290. The smallest absolute Gasteiger partial charge is 0.333 e. The maximum absolute atomic E-state index is 12.2. The zero-order valence-corrected chi connectivity index (χ0v) is 28.4. The molecule has 0 bridgehead atoms. The second kappa shape index (κ2) is 15.4. The summed E-state index contributed by atoms with van der Waals surface area (Å²) in [6.45, 7) is 18.3. The Hall–Kier alpha value is -4.25. The van der Waals surface area contributed by atoms with Gasteiger partial charge in [-0.2, -0.15) is 0 Å². The Morgan fingerprint density at radius 3 is 1.85 bits per heavy atom. The van der Waals surface area contributed by atoms with Crippen molar-refractivity contribution in [2.45, 2.75) is 78.4 Å². The average Bonchev–Trinajstić information content (AvgIpc) is 3.08. The summed E-state index contributed by atoms with van der Waals surface area (Å²) < 4.78 is 5.75. The molecule has 4 aromatic carbocycles. The lowest BCUT2D eigenvalue weighted by Crippen LogP contribution is -2.33. The Morgan fingerprint density at radius 1 is 0.783 bits per heavy atom. The summed E-state index contributed by atoms with van der Waals surface area (Å²) in [6, 6.07) is 31.9. The number of esters is 1. The number of nitrogens with one attached hydrogen (secondary N) is 1. The SMILES string of the molecule is C=C(C)C(=O)OC1CCCC(Nc2ccc(C(c3ccc(N(CC)CC)cc3)c3ccc(N(CC)CC)cc3)c3ccccc23)C1. The Kier molecular flexibility index (Phi) is 11.1. The van der Waals surface area contributed by atoms with Gasteiger partial charge in [0.15, 0.2) is 0 Å². The Morgan fingerprint density at radius 2 is 1.33 bits per heavy atom. The predicted octanol–water partition coefficient (Wildman–Crippen LogP) is 9.55. The number of rotatable bonds is 13. The average molecular weight is 618 g/mol. The van der Waals surface area contributed by atoms with Crippen LogP contribution in [0.25, 0.3) is 10.8 Å². The van der Waals surface area contributed by atoms with Gasteiger partial charge < -0.3 is 19.9 Å². The van der Waals surface area contributed by atoms with Crippen LogP contribution in [-0.4, -0.2) is 44.3 Å². The number of nitrogens with zero attached hydrogens (tertiary/aromatic N) is 2. The molecule has 1 N–H and O–H groups in total. The van der Waals surface area contributed by atoms with Crippen molar-refractivity contribution in [3.8, 4) is 0 Å². The molecular formula is C41H51N3O2. The summed E-state index contributed by atoms with van der Waals surface area (Å²) >= 11 is 0. The summed E-state index contributed by atoms with van der Waals surface area (Å²) in [5, 5.41) is 6.31. The van der Waals surface area contributed by atoms with Crippen LogP contribution in [0.1, 0.15) is 82.9 Å². The van der Waals surface area contributed by atoms with E-state index in [0.717, 1.165) is 57.5 Å². The lowest BCUT2D eigenvalue weighted by molar-refractivity contribution is -0.145. The van der Waals surface area contributed by atoms with Gasteiger partial charge in [0.05, 0.1) is 0 Å². The Bertz CT molecular complexity index is 1550. The van der Waals surface area contributed by atoms with Gasteiger partial charge in [0.2, 0.25) is 0 Å². The second-order valence-electron chi connectivity index (χ2n) is 12.5. The van der Waals surface area contributed by atoms with Crippen molar-refractivity contribution < 1.29 is 9.53 Å². The van der Waals surface area contributed by atoms with Crippen LogP contribution in [-0.2, 0) is 9.53 Å². The largest absolute Gasteiger partial charge is 0.459 e. The normalized spacial score (nSPS) is 16.3. The lowest BCUT2D eigenvalue weighted by atomic mass is 9.82. The zero-order valence-electron chi connectivity index (χ0n) is 28.4. The molecule has 2 unspecified atom stereocenters. The van der Waals surface area contributed by atoms with Gasteiger partial charge in [0, 0.05) is 72.6 Å². The summed E-state index contributed by atoms with van der Waals surface area (Å²) in [5.74, 6) is -0.210. The van der Waals surface area contributed by atoms with Crippen LogP contribution in [0.15, 0.2) is 97.1 Å². The molecule has 1 saturated carbocycles. The molecule has 1 aliphatic carbocycles. The molecule has 0 saturated heterocycles. The maximum atomic E-state index is 12.2. The summed E-state index contributed by atoms with van der Waals surface area (Å²) in [7, 11) is 0. The molecule has 5 nitrogen and oxygen atoms in total. The van der Waals surface area contributed by atoms with Gasteiger partial charge in [0.1, 0.15) is 6.10 Å². The molecule has 0 amide bonds. The third kappa shape index (κ3) is 7.41. The fraction of sp³-hybridized carbons (Fsp3) is 0.390. The minimum absolute atomic E-state index is 0.0796. The molecule has 0 aromatic heterocycles. The minimum Gasteiger partial charge on any atom is -0.459 e. The number of hydrogen-bond acceptors (Lipinski definition) is 5. The van der Waals surface area contributed by atoms with Gasteiger partial charge in [-0.1, -0.05) is 61.2 Å². The second-order valence-corrected chi connectivity index (χ2v) is 12.5. The molecule has 5 rings (SSSR count). The lowest BCUT2D eigenvalue weighted by Gasteiger charge is -2.31. The molecule has 46 heavy (non-hydrogen) atoms. The molecule has 4 aromatic rings. The predicted molar refractivity (Wildman–Crippen MR) is 195 cm³/mol. The molecular weight excluding hydrogens is 566 g/mol. The van der Waals surface area contributed by atoms with Crippen molar-refractivity contribution >= 4 is 33.8 Å². The van der Waals surface area contributed by atoms with E-state index in [1.807, 2.05) is 0 Å². The van der Waals surface area contributed by atoms with Gasteiger partial charge in [-0.15, -0.1) is 0 Å². The van der Waals surface area contributed by atoms with E-state index >= 15 is 0 Å². The standard InChI is InChI=1S/C41H51N3O2/c1-7-43(8-2)33-22-18-30(19-23-33)40(31-20-24-34(25-21-31)44(9-3)10-4)38-26-27-39(37-17-12-11-16-36(37)38)42-32-14-13-15-35(28-32)46-41(45)29(5)6/h11-12,16-27,32,35,40,42H,5,7-10,13-15,28H2,1-4,6H3. The van der Waals surface area contributed by atoms with Crippen LogP contribution in [0.5, 0.6) is 0 Å². The molecule has 1 aliphatic rings. The van der Waals surface area contributed by atoms with E-state index in [1.165, 1.54) is 38.8 Å². The van der Waals surface area contributed by atoms with Crippen molar-refractivity contribution in [2.75, 3.05) is 41.3 Å². The highest BCUT2D eigenvalue weighted by atomic mass is 16.5. The topological polar surface area (TPSA) is 44.8 Å². The fourth-order valence-corrected chi connectivity index (χ4v) is 7.04. The highest BCUT2D eigenvalue weighted by Gasteiger charge is 2.26. The first-order valence-corrected chi connectivity index (χ1v) is 17.2. The molecule has 242 valence electrons. The van der Waals surface area contributed by atoms with E-state index in [9.17, 15) is 4.79 Å². The zero-order chi connectivity index (χ0) is 32.6. The van der Waals surface area contributed by atoms with Crippen LogP contribution in [0.3, 0.4) is 0 Å². The van der Waals surface area contributed by atoms with Crippen molar-refractivity contribution in [3.05, 3.63) is 114 Å². The van der Waals surface area contributed by atoms with Crippen LogP contribution < -0.4 is 15.1 Å². The molecule has 0 spiro atoms. The number of fused-ring (bicyclic) bond motifs is 1. The van der Waals surface area contributed by atoms with Gasteiger partial charge in [0.25, 0.3) is 0 Å². The van der Waals surface area contributed by atoms with Crippen molar-refractivity contribution in [1.82, 2.24) is 0 Å². The first-order chi connectivity index (χ1) is 22.4. The van der Waals surface area contributed by atoms with Gasteiger partial charge in [-0.3, -0.25) is 0 Å². The third-order valence-electron chi connectivity index (χ3n) is 9.59. The van der Waals surface area contributed by atoms with Crippen LogP contribution in [0, 0.1) is 0 Å². The summed E-state index contributed by atoms with van der Waals surface area (Å²) in [5.41, 5.74) is 7.96. The number of ether oxygens (including phenoxy) is 1. The maximum Gasteiger partial charge on any atom is 0.333 e. The Labute approximate surface area is 276 Å². The van der Waals surface area contributed by atoms with E-state index in [0.29, 0.717) is 5.57 Å². The van der Waals surface area contributed by atoms with Crippen LogP contribution >= 0.6 is 0 Å². The Balaban J connectivity index is 1.52. The van der Waals surface area contributed by atoms with E-state index < -0.39 is 0 Å². The number of hydrogen-bond donors (Lipinski definition) is 1. The molecule has 1 fully saturated rings. The molecule has 5 heteroatoms. The third-order valence-corrected chi connectivity index (χ3v) is 9.59. The van der Waals surface area contributed by atoms with Crippen LogP contribution in [0.4, 0.5) is 17.1 Å². The van der Waals surface area contributed by atoms with Gasteiger partial charge in [-0.25, -0.2) is 4.79 Å². The highest BCUT2D eigenvalue weighted by Crippen LogP contribution is 2.40. The molecule has 0 heterocycles. The first kappa shape index (κ1) is 33.1. The van der Waals surface area contributed by atoms with E-state index in [4.69, 9.17) is 4.74 Å².